The number of benzene rings is 3. The molecule has 0 unspecified atom stereocenters. The number of methoxy groups -OCH3 is 1. The van der Waals surface area contributed by atoms with Crippen LogP contribution in [0.1, 0.15) is 10.4 Å². The monoisotopic (exact) mass is 562 g/mol. The molecular formula is C31H23FN6O4. The fourth-order valence-corrected chi connectivity index (χ4v) is 4.68. The van der Waals surface area contributed by atoms with E-state index >= 15 is 4.39 Å². The number of hydrogen-bond donors (Lipinski definition) is 1. The van der Waals surface area contributed by atoms with Crippen molar-refractivity contribution >= 4 is 22.5 Å². The molecule has 0 spiro atoms. The van der Waals surface area contributed by atoms with E-state index in [1.165, 1.54) is 35.4 Å². The molecule has 1 amide bonds. The summed E-state index contributed by atoms with van der Waals surface area (Å²) < 4.78 is 29.2. The maximum atomic E-state index is 15.2. The minimum Gasteiger partial charge on any atom is -0.497 e. The van der Waals surface area contributed by atoms with Crippen LogP contribution in [0.3, 0.4) is 0 Å². The number of para-hydroxylation sites is 1. The van der Waals surface area contributed by atoms with E-state index in [-0.39, 0.29) is 22.7 Å². The molecule has 0 aliphatic rings. The summed E-state index contributed by atoms with van der Waals surface area (Å²) in [6.45, 7) is 0. The number of nitrogens with zero attached hydrogens (tertiary/aromatic N) is 5. The lowest BCUT2D eigenvalue weighted by molar-refractivity contribution is 0.102. The Morgan fingerprint density at radius 1 is 0.929 bits per heavy atom. The average molecular weight is 563 g/mol. The molecule has 0 atom stereocenters. The molecule has 0 fully saturated rings. The highest BCUT2D eigenvalue weighted by molar-refractivity contribution is 6.08. The Morgan fingerprint density at radius 3 is 2.50 bits per heavy atom. The molecule has 0 radical (unpaired) electrons. The van der Waals surface area contributed by atoms with Crippen LogP contribution in [0.25, 0.3) is 28.0 Å². The van der Waals surface area contributed by atoms with Crippen molar-refractivity contribution in [1.29, 1.82) is 0 Å². The molecule has 42 heavy (non-hydrogen) atoms. The first kappa shape index (κ1) is 26.4. The van der Waals surface area contributed by atoms with Crippen LogP contribution in [0.4, 0.5) is 10.1 Å². The van der Waals surface area contributed by atoms with Gasteiger partial charge in [-0.25, -0.2) is 9.07 Å². The van der Waals surface area contributed by atoms with Gasteiger partial charge in [-0.05, 0) is 42.5 Å². The largest absolute Gasteiger partial charge is 0.497 e. The van der Waals surface area contributed by atoms with E-state index < -0.39 is 17.3 Å². The highest BCUT2D eigenvalue weighted by Gasteiger charge is 2.27. The molecule has 0 aliphatic heterocycles. The number of carbonyl (C=O) groups excluding carboxylic acids is 1. The van der Waals surface area contributed by atoms with E-state index in [0.29, 0.717) is 33.8 Å². The van der Waals surface area contributed by atoms with Crippen LogP contribution < -0.4 is 20.3 Å². The Bertz CT molecular complexity index is 1990. The van der Waals surface area contributed by atoms with Crippen molar-refractivity contribution in [1.82, 2.24) is 24.3 Å². The van der Waals surface area contributed by atoms with Gasteiger partial charge < -0.3 is 14.8 Å². The van der Waals surface area contributed by atoms with Gasteiger partial charge in [-0.3, -0.25) is 29.2 Å². The third-order valence-electron chi connectivity index (χ3n) is 6.62. The van der Waals surface area contributed by atoms with Crippen molar-refractivity contribution in [2.24, 2.45) is 7.05 Å². The molecule has 10 nitrogen and oxygen atoms in total. The predicted molar refractivity (Wildman–Crippen MR) is 155 cm³/mol. The maximum absolute atomic E-state index is 15.2. The molecule has 0 saturated heterocycles. The van der Waals surface area contributed by atoms with Gasteiger partial charge in [0.2, 0.25) is 0 Å². The molecule has 0 bridgehead atoms. The number of rotatable bonds is 7. The third kappa shape index (κ3) is 4.83. The molecule has 3 aromatic carbocycles. The second kappa shape index (κ2) is 11.0. The molecule has 208 valence electrons. The summed E-state index contributed by atoms with van der Waals surface area (Å²) in [5.41, 5.74) is 1.17. The lowest BCUT2D eigenvalue weighted by Gasteiger charge is -2.12. The summed E-state index contributed by atoms with van der Waals surface area (Å²) in [6, 6.07) is 19.8. The normalized spacial score (nSPS) is 10.9. The van der Waals surface area contributed by atoms with E-state index in [9.17, 15) is 9.59 Å². The smallest absolute Gasteiger partial charge is 0.285 e. The molecular weight excluding hydrogens is 539 g/mol. The van der Waals surface area contributed by atoms with Gasteiger partial charge in [-0.1, -0.05) is 18.2 Å². The Labute approximate surface area is 238 Å². The van der Waals surface area contributed by atoms with Crippen molar-refractivity contribution < 1.29 is 18.7 Å². The van der Waals surface area contributed by atoms with Crippen LogP contribution in [0.5, 0.6) is 17.2 Å². The summed E-state index contributed by atoms with van der Waals surface area (Å²) in [5.74, 6) is -0.460. The minimum absolute atomic E-state index is 0.0530. The van der Waals surface area contributed by atoms with Crippen LogP contribution in [-0.2, 0) is 7.05 Å². The minimum atomic E-state index is -0.729. The second-order valence-corrected chi connectivity index (χ2v) is 9.18. The van der Waals surface area contributed by atoms with E-state index in [0.717, 1.165) is 6.07 Å². The van der Waals surface area contributed by atoms with Gasteiger partial charge in [-0.15, -0.1) is 0 Å². The number of fused-ring (bicyclic) bond motifs is 1. The predicted octanol–water partition coefficient (Wildman–Crippen LogP) is 5.37. The Kier molecular flexibility index (Phi) is 6.89. The number of anilines is 1. The van der Waals surface area contributed by atoms with Crippen LogP contribution in [0.15, 0.2) is 102 Å². The maximum Gasteiger partial charge on any atom is 0.285 e. The Balaban J connectivity index is 1.32. The van der Waals surface area contributed by atoms with Gasteiger partial charge in [0.05, 0.1) is 24.5 Å². The number of halogens is 1. The summed E-state index contributed by atoms with van der Waals surface area (Å²) in [7, 11) is 3.21. The van der Waals surface area contributed by atoms with Crippen LogP contribution >= 0.6 is 0 Å². The summed E-state index contributed by atoms with van der Waals surface area (Å²) in [4.78, 5) is 39.9. The molecule has 0 saturated carbocycles. The fourth-order valence-electron chi connectivity index (χ4n) is 4.68. The lowest BCUT2D eigenvalue weighted by Crippen LogP contribution is -2.25. The lowest BCUT2D eigenvalue weighted by atomic mass is 10.1. The van der Waals surface area contributed by atoms with E-state index in [1.54, 1.807) is 73.6 Å². The molecule has 11 heteroatoms. The molecule has 6 aromatic rings. The highest BCUT2D eigenvalue weighted by atomic mass is 19.1. The van der Waals surface area contributed by atoms with E-state index in [2.05, 4.69) is 20.3 Å². The number of nitrogens with one attached hydrogen (secondary N) is 1. The standard InChI is InChI=1S/C31H23FN6O4/c1-37-29(25-18-33-14-15-35-25)28(31(40)38(37)20-6-4-3-5-7-20)30(39)36-19-8-11-27(23(32)16-19)42-26-12-13-34-24-17-21(41-2)9-10-22(24)26/h3-18H,1-2H3,(H,36,39). The quantitative estimate of drug-likeness (QED) is 0.278. The average Bonchev–Trinajstić information content (AvgIpc) is 3.28. The fraction of sp³-hybridized carbons (Fsp3) is 0.0645. The number of ether oxygens (including phenoxy) is 2. The van der Waals surface area contributed by atoms with Crippen molar-refractivity contribution in [2.45, 2.75) is 0 Å². The number of aromatic nitrogens is 5. The highest BCUT2D eigenvalue weighted by Crippen LogP contribution is 2.33. The zero-order chi connectivity index (χ0) is 29.2. The Morgan fingerprint density at radius 2 is 1.76 bits per heavy atom. The van der Waals surface area contributed by atoms with Crippen molar-refractivity contribution in [3.05, 3.63) is 119 Å². The second-order valence-electron chi connectivity index (χ2n) is 9.18. The topological polar surface area (TPSA) is 113 Å². The summed E-state index contributed by atoms with van der Waals surface area (Å²) in [6.07, 6.45) is 5.98. The van der Waals surface area contributed by atoms with Crippen LogP contribution in [-0.4, -0.2) is 37.3 Å². The number of amides is 1. The van der Waals surface area contributed by atoms with Crippen LogP contribution in [0.2, 0.25) is 0 Å². The number of hydrogen-bond acceptors (Lipinski definition) is 7. The van der Waals surface area contributed by atoms with Gasteiger partial charge in [0, 0.05) is 48.8 Å². The van der Waals surface area contributed by atoms with Gasteiger partial charge in [-0.2, -0.15) is 0 Å². The van der Waals surface area contributed by atoms with Crippen LogP contribution in [0, 0.1) is 5.82 Å². The first-order valence-electron chi connectivity index (χ1n) is 12.8. The first-order valence-corrected chi connectivity index (χ1v) is 12.8. The van der Waals surface area contributed by atoms with Crippen molar-refractivity contribution in [3.63, 3.8) is 0 Å². The molecule has 1 N–H and O–H groups in total. The van der Waals surface area contributed by atoms with Gasteiger partial charge in [0.1, 0.15) is 28.5 Å². The van der Waals surface area contributed by atoms with Gasteiger partial charge in [0.15, 0.2) is 11.6 Å². The summed E-state index contributed by atoms with van der Waals surface area (Å²) in [5, 5.41) is 3.31. The van der Waals surface area contributed by atoms with Crippen molar-refractivity contribution in [3.8, 4) is 34.3 Å². The third-order valence-corrected chi connectivity index (χ3v) is 6.62. The molecule has 0 aliphatic carbocycles. The molecule has 3 heterocycles. The number of pyridine rings is 1. The first-order chi connectivity index (χ1) is 20.4. The van der Waals surface area contributed by atoms with Gasteiger partial charge in [0.25, 0.3) is 11.5 Å². The van der Waals surface area contributed by atoms with Crippen molar-refractivity contribution in [2.75, 3.05) is 12.4 Å². The number of carbonyl (C=O) groups is 1. The molecule has 6 rings (SSSR count). The summed E-state index contributed by atoms with van der Waals surface area (Å²) >= 11 is 0. The van der Waals surface area contributed by atoms with E-state index in [4.69, 9.17) is 9.47 Å². The Hall–Kier alpha value is -5.84. The van der Waals surface area contributed by atoms with E-state index in [1.807, 2.05) is 6.07 Å². The molecule has 3 aromatic heterocycles. The zero-order valence-electron chi connectivity index (χ0n) is 22.5. The SMILES string of the molecule is COc1ccc2c(Oc3ccc(NC(=O)c4c(-c5cnccn5)n(C)n(-c5ccccc5)c4=O)cc3F)ccnc2c1. The van der Waals surface area contributed by atoms with Gasteiger partial charge >= 0.3 is 0 Å². The zero-order valence-corrected chi connectivity index (χ0v) is 22.5.